The summed E-state index contributed by atoms with van der Waals surface area (Å²) in [6.07, 6.45) is -1.36. The second kappa shape index (κ2) is 10.8. The molecule has 0 radical (unpaired) electrons. The summed E-state index contributed by atoms with van der Waals surface area (Å²) in [5.41, 5.74) is 4.96. The maximum atomic E-state index is 12.5. The Morgan fingerprint density at radius 3 is 2.22 bits per heavy atom. The number of rotatable bonds is 8. The number of nitrogens with zero attached hydrogens (tertiary/aromatic N) is 4. The molecular weight excluding hydrogens is 469 g/mol. The maximum Gasteiger partial charge on any atom is 0.573 e. The van der Waals surface area contributed by atoms with Crippen molar-refractivity contribution in [3.63, 3.8) is 0 Å². The number of alkyl halides is 3. The van der Waals surface area contributed by atoms with Gasteiger partial charge in [0.15, 0.2) is 0 Å². The predicted molar refractivity (Wildman–Crippen MR) is 124 cm³/mol. The summed E-state index contributed by atoms with van der Waals surface area (Å²) in [4.78, 5) is 4.20. The molecule has 0 amide bonds. The summed E-state index contributed by atoms with van der Waals surface area (Å²) in [5.74, 6) is -0.323. The molecule has 0 bridgehead atoms. The highest BCUT2D eigenvalue weighted by Gasteiger charge is 2.31. The van der Waals surface area contributed by atoms with Gasteiger partial charge in [0.2, 0.25) is 0 Å². The highest BCUT2D eigenvalue weighted by Crippen LogP contribution is 2.30. The Balaban J connectivity index is 1.46. The second-order valence-corrected chi connectivity index (χ2v) is 7.87. The number of ether oxygens (including phenoxy) is 2. The van der Waals surface area contributed by atoms with Gasteiger partial charge in [-0.15, -0.1) is 13.2 Å². The van der Waals surface area contributed by atoms with Gasteiger partial charge >= 0.3 is 6.36 Å². The molecular formula is C27H19F3N4O2. The Bertz CT molecular complexity index is 1410. The second-order valence-electron chi connectivity index (χ2n) is 7.87. The zero-order chi connectivity index (χ0) is 25.5. The van der Waals surface area contributed by atoms with Gasteiger partial charge in [0.1, 0.15) is 5.75 Å². The van der Waals surface area contributed by atoms with E-state index in [0.717, 1.165) is 16.8 Å². The monoisotopic (exact) mass is 488 g/mol. The van der Waals surface area contributed by atoms with E-state index in [-0.39, 0.29) is 19.0 Å². The molecule has 0 aliphatic rings. The number of benzene rings is 3. The van der Waals surface area contributed by atoms with E-state index in [0.29, 0.717) is 28.8 Å². The summed E-state index contributed by atoms with van der Waals surface area (Å²) in [6.45, 7) is 1.05. The number of nitriles is 2. The molecule has 180 valence electrons. The lowest BCUT2D eigenvalue weighted by Crippen LogP contribution is -2.16. The molecule has 0 unspecified atom stereocenters. The maximum absolute atomic E-state index is 12.5. The smallest absolute Gasteiger partial charge is 0.406 e. The minimum atomic E-state index is -4.77. The first-order chi connectivity index (χ1) is 17.3. The average Bonchev–Trinajstić information content (AvgIpc) is 3.31. The van der Waals surface area contributed by atoms with Crippen LogP contribution in [0, 0.1) is 22.7 Å². The lowest BCUT2D eigenvalue weighted by atomic mass is 9.98. The average molecular weight is 488 g/mol. The number of hydrogen-bond acceptors (Lipinski definition) is 5. The normalized spacial score (nSPS) is 11.0. The molecule has 9 heteroatoms. The van der Waals surface area contributed by atoms with Crippen LogP contribution >= 0.6 is 0 Å². The molecule has 6 nitrogen and oxygen atoms in total. The molecule has 36 heavy (non-hydrogen) atoms. The molecule has 0 saturated heterocycles. The molecule has 1 aromatic heterocycles. The van der Waals surface area contributed by atoms with Crippen LogP contribution in [0.4, 0.5) is 13.2 Å². The van der Waals surface area contributed by atoms with Crippen LogP contribution in [0.15, 0.2) is 79.3 Å². The van der Waals surface area contributed by atoms with E-state index >= 15 is 0 Å². The van der Waals surface area contributed by atoms with Crippen LogP contribution in [0.2, 0.25) is 0 Å². The van der Waals surface area contributed by atoms with Crippen molar-refractivity contribution in [3.8, 4) is 29.0 Å². The fraction of sp³-hybridized carbons (Fsp3) is 0.148. The quantitative estimate of drug-likeness (QED) is 0.306. The Kier molecular flexibility index (Phi) is 7.33. The summed E-state index contributed by atoms with van der Waals surface area (Å²) in [6, 6.07) is 22.0. The van der Waals surface area contributed by atoms with Crippen molar-refractivity contribution in [2.45, 2.75) is 26.1 Å². The van der Waals surface area contributed by atoms with Crippen LogP contribution in [-0.2, 0) is 24.5 Å². The largest absolute Gasteiger partial charge is 0.573 e. The van der Waals surface area contributed by atoms with E-state index in [1.54, 1.807) is 42.9 Å². The Labute approximate surface area is 205 Å². The Morgan fingerprint density at radius 1 is 0.861 bits per heavy atom. The van der Waals surface area contributed by atoms with Gasteiger partial charge < -0.3 is 14.0 Å². The standard InChI is InChI=1S/C27H19F3N4O2/c28-27(29,30)36-25-9-7-22(8-10-25)26-11-21(13-32)5-6-23(26)16-35-17-24-14-33-18-34(24)15-20-3-1-19(12-31)2-4-20/h1-11,14,18H,15-17H2. The first kappa shape index (κ1) is 24.5. The summed E-state index contributed by atoms with van der Waals surface area (Å²) in [7, 11) is 0. The lowest BCUT2D eigenvalue weighted by molar-refractivity contribution is -0.274. The highest BCUT2D eigenvalue weighted by molar-refractivity contribution is 5.69. The molecule has 1 heterocycles. The van der Waals surface area contributed by atoms with Crippen LogP contribution in [0.3, 0.4) is 0 Å². The van der Waals surface area contributed by atoms with Gasteiger partial charge in [-0.3, -0.25) is 0 Å². The zero-order valence-electron chi connectivity index (χ0n) is 18.9. The van der Waals surface area contributed by atoms with E-state index < -0.39 is 6.36 Å². The molecule has 0 aliphatic carbocycles. The third-order valence-electron chi connectivity index (χ3n) is 5.38. The SMILES string of the molecule is N#Cc1ccc(Cn2cncc2COCc2ccc(C#N)cc2-c2ccc(OC(F)(F)F)cc2)cc1. The number of hydrogen-bond donors (Lipinski definition) is 0. The molecule has 3 aromatic carbocycles. The van der Waals surface area contributed by atoms with E-state index in [1.165, 1.54) is 24.3 Å². The van der Waals surface area contributed by atoms with Crippen LogP contribution < -0.4 is 4.74 Å². The minimum Gasteiger partial charge on any atom is -0.406 e. The van der Waals surface area contributed by atoms with Gasteiger partial charge in [0, 0.05) is 6.54 Å². The van der Waals surface area contributed by atoms with E-state index in [4.69, 9.17) is 10.00 Å². The van der Waals surface area contributed by atoms with E-state index in [9.17, 15) is 18.4 Å². The molecule has 4 aromatic rings. The fourth-order valence-corrected chi connectivity index (χ4v) is 3.63. The summed E-state index contributed by atoms with van der Waals surface area (Å²) >= 11 is 0. The number of halogens is 3. The van der Waals surface area contributed by atoms with Crippen molar-refractivity contribution in [3.05, 3.63) is 107 Å². The van der Waals surface area contributed by atoms with Gasteiger partial charge in [-0.25, -0.2) is 4.98 Å². The topological polar surface area (TPSA) is 83.9 Å². The highest BCUT2D eigenvalue weighted by atomic mass is 19.4. The first-order valence-corrected chi connectivity index (χ1v) is 10.8. The fourth-order valence-electron chi connectivity index (χ4n) is 3.63. The minimum absolute atomic E-state index is 0.212. The van der Waals surface area contributed by atoms with Gasteiger partial charge in [-0.2, -0.15) is 10.5 Å². The van der Waals surface area contributed by atoms with Crippen LogP contribution in [0.5, 0.6) is 5.75 Å². The number of imidazole rings is 1. The predicted octanol–water partition coefficient (Wildman–Crippen LogP) is 5.96. The van der Waals surface area contributed by atoms with Crippen molar-refractivity contribution < 1.29 is 22.6 Å². The van der Waals surface area contributed by atoms with Crippen molar-refractivity contribution in [1.82, 2.24) is 9.55 Å². The van der Waals surface area contributed by atoms with Crippen molar-refractivity contribution in [2.75, 3.05) is 0 Å². The van der Waals surface area contributed by atoms with Crippen molar-refractivity contribution in [1.29, 1.82) is 10.5 Å². The third kappa shape index (κ3) is 6.29. The van der Waals surface area contributed by atoms with Gasteiger partial charge in [0.25, 0.3) is 0 Å². The van der Waals surface area contributed by atoms with Crippen molar-refractivity contribution >= 4 is 0 Å². The zero-order valence-corrected chi connectivity index (χ0v) is 18.9. The number of aromatic nitrogens is 2. The van der Waals surface area contributed by atoms with Gasteiger partial charge in [-0.1, -0.05) is 30.3 Å². The first-order valence-electron chi connectivity index (χ1n) is 10.8. The molecule has 0 N–H and O–H groups in total. The summed E-state index contributed by atoms with van der Waals surface area (Å²) < 4.78 is 49.2. The van der Waals surface area contributed by atoms with E-state index in [1.807, 2.05) is 16.7 Å². The Hall–Kier alpha value is -4.60. The van der Waals surface area contributed by atoms with E-state index in [2.05, 4.69) is 21.9 Å². The van der Waals surface area contributed by atoms with Gasteiger partial charge in [0.05, 0.1) is 54.7 Å². The van der Waals surface area contributed by atoms with Gasteiger partial charge in [-0.05, 0) is 58.7 Å². The molecule has 0 aliphatic heterocycles. The molecule has 0 fully saturated rings. The molecule has 0 atom stereocenters. The lowest BCUT2D eigenvalue weighted by Gasteiger charge is -2.13. The van der Waals surface area contributed by atoms with Crippen LogP contribution in [-0.4, -0.2) is 15.9 Å². The molecule has 4 rings (SSSR count). The Morgan fingerprint density at radius 2 is 1.56 bits per heavy atom. The van der Waals surface area contributed by atoms with Crippen molar-refractivity contribution in [2.24, 2.45) is 0 Å². The van der Waals surface area contributed by atoms with Crippen LogP contribution in [0.1, 0.15) is 27.9 Å². The molecule has 0 spiro atoms. The van der Waals surface area contributed by atoms with Crippen LogP contribution in [0.25, 0.3) is 11.1 Å². The summed E-state index contributed by atoms with van der Waals surface area (Å²) in [5, 5.41) is 18.3. The molecule has 0 saturated carbocycles. The third-order valence-corrected chi connectivity index (χ3v) is 5.38.